The van der Waals surface area contributed by atoms with Crippen molar-refractivity contribution in [3.05, 3.63) is 71.9 Å². The summed E-state index contributed by atoms with van der Waals surface area (Å²) in [5, 5.41) is 8.28. The number of nitrogens with zero attached hydrogens (tertiary/aromatic N) is 1. The van der Waals surface area contributed by atoms with Crippen molar-refractivity contribution in [3.63, 3.8) is 0 Å². The fourth-order valence-corrected chi connectivity index (χ4v) is 9.17. The Labute approximate surface area is 196 Å². The van der Waals surface area contributed by atoms with E-state index in [0.717, 1.165) is 0 Å². The van der Waals surface area contributed by atoms with Gasteiger partial charge in [0.1, 0.15) is 0 Å². The third-order valence-corrected chi connectivity index (χ3v) is 12.7. The van der Waals surface area contributed by atoms with Crippen molar-refractivity contribution < 1.29 is 4.57 Å². The second-order valence-corrected chi connectivity index (χ2v) is 21.9. The van der Waals surface area contributed by atoms with E-state index in [2.05, 4.69) is 104 Å². The Morgan fingerprint density at radius 2 is 1.50 bits per heavy atom. The van der Waals surface area contributed by atoms with Crippen LogP contribution >= 0.6 is 11.8 Å². The van der Waals surface area contributed by atoms with E-state index in [1.165, 1.54) is 64.5 Å². The Morgan fingerprint density at radius 3 is 2.22 bits per heavy atom. The fourth-order valence-electron chi connectivity index (χ4n) is 5.39. The molecule has 0 aliphatic carbocycles. The predicted octanol–water partition coefficient (Wildman–Crippen LogP) is 7.26. The van der Waals surface area contributed by atoms with Crippen LogP contribution in [0.4, 0.5) is 0 Å². The number of aryl methyl sites for hydroxylation is 3. The maximum atomic E-state index is 2.48. The number of fused-ring (bicyclic) bond motifs is 5. The third-order valence-electron chi connectivity index (χ3n) is 7.19. The molecule has 0 N–H and O–H groups in total. The van der Waals surface area contributed by atoms with E-state index < -0.39 is 13.3 Å². The van der Waals surface area contributed by atoms with Gasteiger partial charge in [0.05, 0.1) is 0 Å². The summed E-state index contributed by atoms with van der Waals surface area (Å²) in [6.07, 6.45) is 2.25. The van der Waals surface area contributed by atoms with E-state index in [0.29, 0.717) is 0 Å². The molecular formula is C29H28GeNS+. The van der Waals surface area contributed by atoms with E-state index in [9.17, 15) is 0 Å². The van der Waals surface area contributed by atoms with Crippen molar-refractivity contribution in [2.24, 2.45) is 7.05 Å². The van der Waals surface area contributed by atoms with Gasteiger partial charge < -0.3 is 0 Å². The molecule has 0 fully saturated rings. The van der Waals surface area contributed by atoms with Gasteiger partial charge in [0.15, 0.2) is 0 Å². The van der Waals surface area contributed by atoms with Crippen LogP contribution in [0, 0.1) is 13.8 Å². The van der Waals surface area contributed by atoms with Gasteiger partial charge in [0.2, 0.25) is 0 Å². The van der Waals surface area contributed by atoms with Gasteiger partial charge in [-0.1, -0.05) is 0 Å². The molecule has 0 saturated heterocycles. The van der Waals surface area contributed by atoms with Crippen molar-refractivity contribution in [2.45, 2.75) is 40.9 Å². The summed E-state index contributed by atoms with van der Waals surface area (Å²) in [5.41, 5.74) is 5.55. The van der Waals surface area contributed by atoms with Crippen LogP contribution in [0.3, 0.4) is 0 Å². The molecule has 0 amide bonds. The summed E-state index contributed by atoms with van der Waals surface area (Å²) >= 11 is 0.0750. The number of pyridine rings is 1. The minimum absolute atomic E-state index is 1.36. The SMILES string of the molecule is Cc1c2c(c(C)c3ccccc13)-c1c3c(cc4c[c]([Ge]([CH3])([CH3])[CH3])ccc4c3cc[n+]1C)S2. The molecule has 2 heterocycles. The summed E-state index contributed by atoms with van der Waals surface area (Å²) in [7, 11) is 2.20. The van der Waals surface area contributed by atoms with Crippen LogP contribution in [0.15, 0.2) is 70.6 Å². The summed E-state index contributed by atoms with van der Waals surface area (Å²) in [5.74, 6) is 7.44. The molecule has 0 saturated carbocycles. The monoisotopic (exact) mass is 496 g/mol. The number of rotatable bonds is 1. The topological polar surface area (TPSA) is 3.88 Å². The molecule has 3 heteroatoms. The summed E-state index contributed by atoms with van der Waals surface area (Å²) in [6.45, 7) is 4.60. The molecular weight excluding hydrogens is 467 g/mol. The average Bonchev–Trinajstić information content (AvgIpc) is 2.77. The Hall–Kier alpha value is -2.30. The molecule has 0 atom stereocenters. The Balaban J connectivity index is 1.78. The maximum absolute atomic E-state index is 2.48. The van der Waals surface area contributed by atoms with Crippen LogP contribution < -0.4 is 8.96 Å². The van der Waals surface area contributed by atoms with Gasteiger partial charge in [-0.2, -0.15) is 0 Å². The van der Waals surface area contributed by atoms with Crippen LogP contribution in [-0.2, 0) is 7.05 Å². The van der Waals surface area contributed by atoms with Gasteiger partial charge in [0, 0.05) is 0 Å². The van der Waals surface area contributed by atoms with E-state index >= 15 is 0 Å². The third kappa shape index (κ3) is 2.75. The van der Waals surface area contributed by atoms with Gasteiger partial charge in [0.25, 0.3) is 0 Å². The number of hydrogen-bond donors (Lipinski definition) is 0. The van der Waals surface area contributed by atoms with E-state index in [1.807, 2.05) is 11.8 Å². The molecule has 1 aromatic heterocycles. The molecule has 5 aromatic rings. The number of benzene rings is 4. The molecule has 0 radical (unpaired) electrons. The zero-order valence-electron chi connectivity index (χ0n) is 19.6. The zero-order valence-corrected chi connectivity index (χ0v) is 22.5. The molecule has 0 spiro atoms. The normalized spacial score (nSPS) is 13.2. The molecule has 0 unspecified atom stereocenters. The molecule has 4 aromatic carbocycles. The Morgan fingerprint density at radius 1 is 0.781 bits per heavy atom. The van der Waals surface area contributed by atoms with E-state index in [4.69, 9.17) is 0 Å². The average molecular weight is 495 g/mol. The molecule has 32 heavy (non-hydrogen) atoms. The first-order valence-electron chi connectivity index (χ1n) is 11.4. The molecule has 6 rings (SSSR count). The van der Waals surface area contributed by atoms with Crippen molar-refractivity contribution in [1.29, 1.82) is 0 Å². The first kappa shape index (κ1) is 20.3. The second kappa shape index (κ2) is 6.85. The standard InChI is InChI=1S/C29H28GeNS/c1-17-21-9-7-8-10-22(21)18(2)29-26(17)28-27-24(13-14-31(28)6)23-12-11-20(30(3,4)5)15-19(23)16-25(27)32-29/h7-16H,1-6H3/q+1. The van der Waals surface area contributed by atoms with Gasteiger partial charge in [-0.3, -0.25) is 0 Å². The van der Waals surface area contributed by atoms with Crippen LogP contribution in [0.1, 0.15) is 11.1 Å². The Kier molecular flexibility index (Phi) is 4.35. The van der Waals surface area contributed by atoms with Crippen molar-refractivity contribution >= 4 is 61.7 Å². The zero-order chi connectivity index (χ0) is 22.4. The van der Waals surface area contributed by atoms with Crippen LogP contribution in [0.25, 0.3) is 43.6 Å². The molecule has 1 aliphatic heterocycles. The van der Waals surface area contributed by atoms with Crippen molar-refractivity contribution in [1.82, 2.24) is 0 Å². The number of aromatic nitrogens is 1. The van der Waals surface area contributed by atoms with Gasteiger partial charge in [-0.15, -0.1) is 0 Å². The van der Waals surface area contributed by atoms with Crippen molar-refractivity contribution in [2.75, 3.05) is 0 Å². The predicted molar refractivity (Wildman–Crippen MR) is 142 cm³/mol. The van der Waals surface area contributed by atoms with Gasteiger partial charge in [-0.25, -0.2) is 0 Å². The van der Waals surface area contributed by atoms with Crippen LogP contribution in [0.5, 0.6) is 0 Å². The Bertz CT molecular complexity index is 1610. The van der Waals surface area contributed by atoms with E-state index in [-0.39, 0.29) is 0 Å². The van der Waals surface area contributed by atoms with Crippen molar-refractivity contribution in [3.8, 4) is 11.3 Å². The number of hydrogen-bond acceptors (Lipinski definition) is 1. The second-order valence-electron chi connectivity index (χ2n) is 10.2. The van der Waals surface area contributed by atoms with Crippen LogP contribution in [-0.4, -0.2) is 13.3 Å². The minimum atomic E-state index is -1.89. The van der Waals surface area contributed by atoms with E-state index in [1.54, 1.807) is 4.40 Å². The molecule has 0 bridgehead atoms. The molecule has 158 valence electrons. The summed E-state index contributed by atoms with van der Waals surface area (Å²) < 4.78 is 3.90. The first-order chi connectivity index (χ1) is 15.3. The van der Waals surface area contributed by atoms with Gasteiger partial charge >= 0.3 is 197 Å². The summed E-state index contributed by atoms with van der Waals surface area (Å²) in [4.78, 5) is 2.81. The molecule has 1 aliphatic rings. The fraction of sp³-hybridized carbons (Fsp3) is 0.207. The first-order valence-corrected chi connectivity index (χ1v) is 19.5. The molecule has 1 nitrogen and oxygen atoms in total. The van der Waals surface area contributed by atoms with Crippen LogP contribution in [0.2, 0.25) is 17.3 Å². The van der Waals surface area contributed by atoms with Gasteiger partial charge in [-0.05, 0) is 0 Å². The quantitative estimate of drug-likeness (QED) is 0.132. The summed E-state index contributed by atoms with van der Waals surface area (Å²) in [6, 6.07) is 20.9.